The summed E-state index contributed by atoms with van der Waals surface area (Å²) in [6.45, 7) is 7.09. The lowest BCUT2D eigenvalue weighted by atomic mass is 10.1. The number of carbonyl (C=O) groups is 2. The second-order valence-electron chi connectivity index (χ2n) is 3.65. The molecule has 0 atom stereocenters. The van der Waals surface area contributed by atoms with E-state index in [1.807, 2.05) is 26.0 Å². The van der Waals surface area contributed by atoms with Crippen molar-refractivity contribution in [3.63, 3.8) is 0 Å². The van der Waals surface area contributed by atoms with Crippen LogP contribution in [0.15, 0.2) is 49.1 Å². The number of primary amides is 2. The van der Waals surface area contributed by atoms with Crippen LogP contribution in [0.1, 0.15) is 24.2 Å². The molecule has 0 radical (unpaired) electrons. The van der Waals surface area contributed by atoms with Gasteiger partial charge in [-0.15, -0.1) is 0 Å². The third-order valence-electron chi connectivity index (χ3n) is 2.37. The van der Waals surface area contributed by atoms with Crippen LogP contribution < -0.4 is 11.5 Å². The summed E-state index contributed by atoms with van der Waals surface area (Å²) in [6.07, 6.45) is 1.06. The fraction of sp³-hybridized carbons (Fsp3) is 0.125. The number of rotatable bonds is 2. The van der Waals surface area contributed by atoms with Gasteiger partial charge in [0, 0.05) is 5.39 Å². The van der Waals surface area contributed by atoms with Gasteiger partial charge < -0.3 is 16.6 Å². The highest BCUT2D eigenvalue weighted by molar-refractivity contribution is 6.02. The van der Waals surface area contributed by atoms with E-state index < -0.39 is 11.8 Å². The molecule has 0 saturated heterocycles. The van der Waals surface area contributed by atoms with Crippen LogP contribution in [-0.2, 0) is 4.79 Å². The maximum atomic E-state index is 10.9. The summed E-state index contributed by atoms with van der Waals surface area (Å²) >= 11 is 0. The van der Waals surface area contributed by atoms with Crippen molar-refractivity contribution >= 4 is 22.6 Å². The van der Waals surface area contributed by atoms with Gasteiger partial charge in [-0.3, -0.25) is 9.59 Å². The molecular formula is C16H20N2O3. The van der Waals surface area contributed by atoms with E-state index in [0.717, 1.165) is 11.5 Å². The van der Waals surface area contributed by atoms with E-state index in [4.69, 9.17) is 5.73 Å². The number of aromatic hydroxyl groups is 1. The van der Waals surface area contributed by atoms with Crippen molar-refractivity contribution in [2.75, 3.05) is 0 Å². The van der Waals surface area contributed by atoms with Crippen molar-refractivity contribution in [2.45, 2.75) is 13.8 Å². The van der Waals surface area contributed by atoms with Gasteiger partial charge in [-0.2, -0.15) is 0 Å². The molecule has 21 heavy (non-hydrogen) atoms. The first-order valence-corrected chi connectivity index (χ1v) is 6.39. The summed E-state index contributed by atoms with van der Waals surface area (Å²) in [5, 5.41) is 11.2. The molecule has 0 bridgehead atoms. The van der Waals surface area contributed by atoms with Crippen LogP contribution in [0.4, 0.5) is 0 Å². The van der Waals surface area contributed by atoms with Crippen LogP contribution in [0, 0.1) is 0 Å². The number of hydrogen-bond acceptors (Lipinski definition) is 3. The summed E-state index contributed by atoms with van der Waals surface area (Å²) in [5.41, 5.74) is 9.80. The molecule has 2 aromatic rings. The molecule has 0 aliphatic rings. The predicted octanol–water partition coefficient (Wildman–Crippen LogP) is 2.33. The Bertz CT molecular complexity index is 636. The maximum absolute atomic E-state index is 10.9. The molecule has 0 aliphatic heterocycles. The van der Waals surface area contributed by atoms with Crippen molar-refractivity contribution in [3.8, 4) is 5.75 Å². The molecule has 5 N–H and O–H groups in total. The molecule has 0 fully saturated rings. The lowest BCUT2D eigenvalue weighted by Crippen LogP contribution is -2.10. The van der Waals surface area contributed by atoms with Gasteiger partial charge in [-0.1, -0.05) is 50.8 Å². The Labute approximate surface area is 123 Å². The summed E-state index contributed by atoms with van der Waals surface area (Å²) in [6, 6.07) is 10.6. The monoisotopic (exact) mass is 288 g/mol. The number of carbonyl (C=O) groups excluding carboxylic acids is 2. The van der Waals surface area contributed by atoms with Crippen LogP contribution in [0.25, 0.3) is 10.8 Å². The van der Waals surface area contributed by atoms with E-state index in [1.54, 1.807) is 18.2 Å². The molecule has 2 amide bonds. The van der Waals surface area contributed by atoms with Crippen molar-refractivity contribution in [1.29, 1.82) is 0 Å². The number of benzene rings is 2. The van der Waals surface area contributed by atoms with E-state index in [1.165, 1.54) is 6.07 Å². The number of nitrogens with two attached hydrogens (primary N) is 2. The minimum atomic E-state index is -0.617. The van der Waals surface area contributed by atoms with Crippen molar-refractivity contribution in [3.05, 3.63) is 54.6 Å². The summed E-state index contributed by atoms with van der Waals surface area (Å²) < 4.78 is 0. The third-order valence-corrected chi connectivity index (χ3v) is 2.37. The lowest BCUT2D eigenvalue weighted by molar-refractivity contribution is -0.113. The molecule has 112 valence electrons. The Hall–Kier alpha value is -2.82. The van der Waals surface area contributed by atoms with Gasteiger partial charge >= 0.3 is 0 Å². The van der Waals surface area contributed by atoms with Gasteiger partial charge in [0.05, 0.1) is 5.56 Å². The fourth-order valence-corrected chi connectivity index (χ4v) is 1.45. The first-order valence-electron chi connectivity index (χ1n) is 6.39. The SMILES string of the molecule is C=CC(N)=O.CC.NC(=O)c1ccc2ccccc2c1O. The predicted molar refractivity (Wildman–Crippen MR) is 84.9 cm³/mol. The average Bonchev–Trinajstić information content (AvgIpc) is 2.50. The summed E-state index contributed by atoms with van der Waals surface area (Å²) in [4.78, 5) is 20.4. The summed E-state index contributed by atoms with van der Waals surface area (Å²) in [7, 11) is 0. The second-order valence-corrected chi connectivity index (χ2v) is 3.65. The standard InChI is InChI=1S/C11H9NO2.C3H5NO.C2H6/c12-11(14)9-6-5-7-3-1-2-4-8(7)10(9)13;1-2-3(4)5;1-2/h1-6,13H,(H2,12,14);2H,1H2,(H2,4,5);1-2H3. The van der Waals surface area contributed by atoms with E-state index in [2.05, 4.69) is 12.3 Å². The average molecular weight is 288 g/mol. The van der Waals surface area contributed by atoms with Gasteiger partial charge in [-0.05, 0) is 17.5 Å². The van der Waals surface area contributed by atoms with Gasteiger partial charge in [0.15, 0.2) is 0 Å². The zero-order chi connectivity index (χ0) is 16.4. The van der Waals surface area contributed by atoms with Crippen LogP contribution in [0.2, 0.25) is 0 Å². The molecule has 0 heterocycles. The smallest absolute Gasteiger partial charge is 0.252 e. The normalized spacial score (nSPS) is 8.67. The molecule has 0 saturated carbocycles. The lowest BCUT2D eigenvalue weighted by Gasteiger charge is -2.04. The van der Waals surface area contributed by atoms with Crippen molar-refractivity contribution in [2.24, 2.45) is 11.5 Å². The highest BCUT2D eigenvalue weighted by Crippen LogP contribution is 2.27. The van der Waals surface area contributed by atoms with Crippen molar-refractivity contribution in [1.82, 2.24) is 0 Å². The van der Waals surface area contributed by atoms with Gasteiger partial charge in [0.2, 0.25) is 5.91 Å². The Morgan fingerprint density at radius 3 is 2.10 bits per heavy atom. The zero-order valence-electron chi connectivity index (χ0n) is 12.2. The van der Waals surface area contributed by atoms with Crippen LogP contribution in [0.5, 0.6) is 5.75 Å². The minimum absolute atomic E-state index is 0.0457. The second kappa shape index (κ2) is 9.14. The minimum Gasteiger partial charge on any atom is -0.506 e. The van der Waals surface area contributed by atoms with E-state index >= 15 is 0 Å². The topological polar surface area (TPSA) is 106 Å². The van der Waals surface area contributed by atoms with E-state index in [-0.39, 0.29) is 11.3 Å². The number of amides is 2. The molecule has 5 heteroatoms. The molecule has 2 rings (SSSR count). The first-order chi connectivity index (χ1) is 9.97. The van der Waals surface area contributed by atoms with Crippen LogP contribution in [0.3, 0.4) is 0 Å². The van der Waals surface area contributed by atoms with E-state index in [9.17, 15) is 14.7 Å². The number of phenols is 1. The Kier molecular flexibility index (Phi) is 7.91. The van der Waals surface area contributed by atoms with Gasteiger partial charge in [0.1, 0.15) is 5.75 Å². The van der Waals surface area contributed by atoms with Gasteiger partial charge in [-0.25, -0.2) is 0 Å². The molecule has 0 spiro atoms. The Morgan fingerprint density at radius 1 is 1.10 bits per heavy atom. The highest BCUT2D eigenvalue weighted by Gasteiger charge is 2.09. The van der Waals surface area contributed by atoms with Crippen LogP contribution >= 0.6 is 0 Å². The van der Waals surface area contributed by atoms with E-state index in [0.29, 0.717) is 5.39 Å². The zero-order valence-corrected chi connectivity index (χ0v) is 12.2. The molecular weight excluding hydrogens is 268 g/mol. The Morgan fingerprint density at radius 2 is 1.62 bits per heavy atom. The first kappa shape index (κ1) is 18.2. The third kappa shape index (κ3) is 5.36. The van der Waals surface area contributed by atoms with Crippen molar-refractivity contribution < 1.29 is 14.7 Å². The molecule has 0 aromatic heterocycles. The number of fused-ring (bicyclic) bond motifs is 1. The molecule has 0 unspecified atom stereocenters. The molecule has 5 nitrogen and oxygen atoms in total. The molecule has 2 aromatic carbocycles. The number of hydrogen-bond donors (Lipinski definition) is 3. The highest BCUT2D eigenvalue weighted by atomic mass is 16.3. The maximum Gasteiger partial charge on any atom is 0.252 e. The molecule has 0 aliphatic carbocycles. The largest absolute Gasteiger partial charge is 0.506 e. The van der Waals surface area contributed by atoms with Gasteiger partial charge in [0.25, 0.3) is 5.91 Å². The quantitative estimate of drug-likeness (QED) is 0.738. The Balaban J connectivity index is 0.000000489. The summed E-state index contributed by atoms with van der Waals surface area (Å²) in [5.74, 6) is -1.14. The fourth-order valence-electron chi connectivity index (χ4n) is 1.45. The van der Waals surface area contributed by atoms with Crippen LogP contribution in [-0.4, -0.2) is 16.9 Å².